The van der Waals surface area contributed by atoms with Crippen molar-refractivity contribution in [3.8, 4) is 0 Å². The number of hydrogen-bond donors (Lipinski definition) is 2. The summed E-state index contributed by atoms with van der Waals surface area (Å²) in [5.41, 5.74) is 5.85. The van der Waals surface area contributed by atoms with Crippen molar-refractivity contribution in [2.75, 3.05) is 19.8 Å². The van der Waals surface area contributed by atoms with E-state index in [9.17, 15) is 0 Å². The van der Waals surface area contributed by atoms with Crippen molar-refractivity contribution in [3.63, 3.8) is 0 Å². The maximum absolute atomic E-state index is 5.85. The first-order chi connectivity index (χ1) is 7.18. The van der Waals surface area contributed by atoms with Gasteiger partial charge in [-0.3, -0.25) is 0 Å². The van der Waals surface area contributed by atoms with Gasteiger partial charge in [-0.1, -0.05) is 13.8 Å². The Morgan fingerprint density at radius 1 is 1.40 bits per heavy atom. The monoisotopic (exact) mass is 214 g/mol. The molecule has 1 aliphatic rings. The summed E-state index contributed by atoms with van der Waals surface area (Å²) >= 11 is 0. The maximum Gasteiger partial charge on any atom is 0.0489 e. The van der Waals surface area contributed by atoms with Crippen molar-refractivity contribution in [1.29, 1.82) is 0 Å². The fourth-order valence-electron chi connectivity index (χ4n) is 2.00. The Kier molecular flexibility index (Phi) is 6.22. The Labute approximate surface area is 93.8 Å². The third-order valence-electron chi connectivity index (χ3n) is 2.82. The van der Waals surface area contributed by atoms with Gasteiger partial charge in [-0.25, -0.2) is 0 Å². The molecule has 2 atom stereocenters. The lowest BCUT2D eigenvalue weighted by Crippen LogP contribution is -2.29. The van der Waals surface area contributed by atoms with Crippen LogP contribution in [0.15, 0.2) is 0 Å². The summed E-state index contributed by atoms with van der Waals surface area (Å²) in [6.07, 6.45) is 4.68. The summed E-state index contributed by atoms with van der Waals surface area (Å²) in [6.45, 7) is 7.18. The number of nitrogens with one attached hydrogen (secondary N) is 1. The molecule has 1 rings (SSSR count). The van der Waals surface area contributed by atoms with E-state index in [1.165, 1.54) is 12.8 Å². The van der Waals surface area contributed by atoms with E-state index in [1.807, 2.05) is 0 Å². The van der Waals surface area contributed by atoms with E-state index >= 15 is 0 Å². The van der Waals surface area contributed by atoms with Gasteiger partial charge in [0.05, 0.1) is 0 Å². The molecule has 15 heavy (non-hydrogen) atoms. The van der Waals surface area contributed by atoms with Crippen LogP contribution in [-0.4, -0.2) is 31.8 Å². The number of hydrogen-bond acceptors (Lipinski definition) is 3. The molecule has 0 aromatic carbocycles. The summed E-state index contributed by atoms with van der Waals surface area (Å²) in [5, 5.41) is 3.54. The second-order valence-corrected chi connectivity index (χ2v) is 5.05. The van der Waals surface area contributed by atoms with E-state index in [2.05, 4.69) is 19.2 Å². The van der Waals surface area contributed by atoms with Gasteiger partial charge in [0, 0.05) is 25.3 Å². The van der Waals surface area contributed by atoms with E-state index in [-0.39, 0.29) is 0 Å². The fourth-order valence-corrected chi connectivity index (χ4v) is 2.00. The molecule has 90 valence electrons. The van der Waals surface area contributed by atoms with Crippen molar-refractivity contribution in [2.24, 2.45) is 11.7 Å². The molecule has 0 heterocycles. The first kappa shape index (κ1) is 12.9. The summed E-state index contributed by atoms with van der Waals surface area (Å²) < 4.78 is 5.52. The maximum atomic E-state index is 5.85. The van der Waals surface area contributed by atoms with Crippen LogP contribution in [0.5, 0.6) is 0 Å². The third-order valence-corrected chi connectivity index (χ3v) is 2.82. The third kappa shape index (κ3) is 6.13. The SMILES string of the molecule is CC(C)COCCCNC1CCC(N)C1. The molecule has 1 saturated carbocycles. The van der Waals surface area contributed by atoms with E-state index in [4.69, 9.17) is 10.5 Å². The Hall–Kier alpha value is -0.120. The van der Waals surface area contributed by atoms with Crippen molar-refractivity contribution in [1.82, 2.24) is 5.32 Å². The second-order valence-electron chi connectivity index (χ2n) is 5.05. The number of nitrogens with two attached hydrogens (primary N) is 1. The van der Waals surface area contributed by atoms with Gasteiger partial charge in [0.15, 0.2) is 0 Å². The van der Waals surface area contributed by atoms with Crippen LogP contribution >= 0.6 is 0 Å². The molecule has 0 aromatic rings. The predicted molar refractivity (Wildman–Crippen MR) is 63.9 cm³/mol. The summed E-state index contributed by atoms with van der Waals surface area (Å²) in [7, 11) is 0. The molecule has 3 nitrogen and oxygen atoms in total. The highest BCUT2D eigenvalue weighted by Gasteiger charge is 2.20. The predicted octanol–water partition coefficient (Wildman–Crippen LogP) is 1.52. The minimum absolute atomic E-state index is 0.430. The largest absolute Gasteiger partial charge is 0.381 e. The van der Waals surface area contributed by atoms with Crippen LogP contribution < -0.4 is 11.1 Å². The lowest BCUT2D eigenvalue weighted by molar-refractivity contribution is 0.107. The minimum atomic E-state index is 0.430. The molecule has 2 unspecified atom stereocenters. The van der Waals surface area contributed by atoms with Gasteiger partial charge >= 0.3 is 0 Å². The highest BCUT2D eigenvalue weighted by Crippen LogP contribution is 2.16. The van der Waals surface area contributed by atoms with Crippen LogP contribution in [-0.2, 0) is 4.74 Å². The Bertz CT molecular complexity index is 162. The standard InChI is InChI=1S/C12H26N2O/c1-10(2)9-15-7-3-6-14-12-5-4-11(13)8-12/h10-12,14H,3-9,13H2,1-2H3. The molecule has 3 N–H and O–H groups in total. The zero-order valence-electron chi connectivity index (χ0n) is 10.2. The molecular weight excluding hydrogens is 188 g/mol. The molecule has 1 fully saturated rings. The first-order valence-corrected chi connectivity index (χ1v) is 6.25. The van der Waals surface area contributed by atoms with Crippen molar-refractivity contribution >= 4 is 0 Å². The van der Waals surface area contributed by atoms with Crippen LogP contribution in [0.2, 0.25) is 0 Å². The molecule has 3 heteroatoms. The molecule has 0 aliphatic heterocycles. The van der Waals surface area contributed by atoms with Crippen LogP contribution in [0.1, 0.15) is 39.5 Å². The normalized spacial score (nSPS) is 26.4. The molecular formula is C12H26N2O. The van der Waals surface area contributed by atoms with Crippen LogP contribution in [0.25, 0.3) is 0 Å². The highest BCUT2D eigenvalue weighted by atomic mass is 16.5. The summed E-state index contributed by atoms with van der Waals surface area (Å²) in [4.78, 5) is 0. The number of ether oxygens (including phenoxy) is 1. The molecule has 0 aromatic heterocycles. The molecule has 0 amide bonds. The first-order valence-electron chi connectivity index (χ1n) is 6.25. The average Bonchev–Trinajstić information content (AvgIpc) is 2.57. The van der Waals surface area contributed by atoms with Gasteiger partial charge in [-0.2, -0.15) is 0 Å². The zero-order valence-corrected chi connectivity index (χ0v) is 10.2. The molecule has 0 saturated heterocycles. The van der Waals surface area contributed by atoms with Gasteiger partial charge in [-0.15, -0.1) is 0 Å². The fraction of sp³-hybridized carbons (Fsp3) is 1.00. The van der Waals surface area contributed by atoms with Gasteiger partial charge in [0.1, 0.15) is 0 Å². The lowest BCUT2D eigenvalue weighted by Gasteiger charge is -2.12. The van der Waals surface area contributed by atoms with Crippen LogP contribution in [0.4, 0.5) is 0 Å². The van der Waals surface area contributed by atoms with Crippen molar-refractivity contribution in [3.05, 3.63) is 0 Å². The Morgan fingerprint density at radius 2 is 2.20 bits per heavy atom. The zero-order chi connectivity index (χ0) is 11.1. The van der Waals surface area contributed by atoms with E-state index in [0.29, 0.717) is 18.0 Å². The minimum Gasteiger partial charge on any atom is -0.381 e. The van der Waals surface area contributed by atoms with Crippen LogP contribution in [0.3, 0.4) is 0 Å². The molecule has 0 bridgehead atoms. The number of rotatable bonds is 7. The summed E-state index contributed by atoms with van der Waals surface area (Å²) in [6, 6.07) is 1.09. The van der Waals surface area contributed by atoms with E-state index in [0.717, 1.165) is 32.6 Å². The van der Waals surface area contributed by atoms with Gasteiger partial charge < -0.3 is 15.8 Å². The smallest absolute Gasteiger partial charge is 0.0489 e. The van der Waals surface area contributed by atoms with Crippen molar-refractivity contribution in [2.45, 2.75) is 51.6 Å². The summed E-state index contributed by atoms with van der Waals surface area (Å²) in [5.74, 6) is 0.644. The molecule has 0 radical (unpaired) electrons. The average molecular weight is 214 g/mol. The van der Waals surface area contributed by atoms with E-state index < -0.39 is 0 Å². The van der Waals surface area contributed by atoms with Gasteiger partial charge in [0.25, 0.3) is 0 Å². The molecule has 0 spiro atoms. The van der Waals surface area contributed by atoms with Crippen molar-refractivity contribution < 1.29 is 4.74 Å². The second kappa shape index (κ2) is 7.20. The quantitative estimate of drug-likeness (QED) is 0.632. The highest BCUT2D eigenvalue weighted by molar-refractivity contribution is 4.82. The lowest BCUT2D eigenvalue weighted by atomic mass is 10.2. The van der Waals surface area contributed by atoms with Crippen LogP contribution in [0, 0.1) is 5.92 Å². The van der Waals surface area contributed by atoms with Gasteiger partial charge in [0.2, 0.25) is 0 Å². The van der Waals surface area contributed by atoms with Gasteiger partial charge in [-0.05, 0) is 38.1 Å². The topological polar surface area (TPSA) is 47.3 Å². The Balaban J connectivity index is 1.85. The Morgan fingerprint density at radius 3 is 2.80 bits per heavy atom. The molecule has 1 aliphatic carbocycles. The van der Waals surface area contributed by atoms with E-state index in [1.54, 1.807) is 0 Å².